The highest BCUT2D eigenvalue weighted by molar-refractivity contribution is 5.96. The molecule has 1 atom stereocenters. The quantitative estimate of drug-likeness (QED) is 0.845. The van der Waals surface area contributed by atoms with Crippen LogP contribution in [0.2, 0.25) is 0 Å². The van der Waals surface area contributed by atoms with Crippen molar-refractivity contribution in [3.05, 3.63) is 65.7 Å². The second-order valence-electron chi connectivity index (χ2n) is 4.74. The third kappa shape index (κ3) is 2.13. The van der Waals surface area contributed by atoms with Crippen molar-refractivity contribution < 1.29 is 4.79 Å². The lowest BCUT2D eigenvalue weighted by atomic mass is 9.97. The fraction of sp³-hybridized carbons (Fsp3) is 0.188. The lowest BCUT2D eigenvalue weighted by Gasteiger charge is -2.20. The number of carbonyl (C=O) groups is 1. The Bertz CT molecular complexity index is 595. The normalized spacial score (nSPS) is 18.9. The molecular formula is C16H16N2O. The number of hydrogen-bond donors (Lipinski definition) is 1. The van der Waals surface area contributed by atoms with Crippen LogP contribution in [0.1, 0.15) is 17.2 Å². The zero-order valence-corrected chi connectivity index (χ0v) is 10.8. The third-order valence-corrected chi connectivity index (χ3v) is 3.57. The summed E-state index contributed by atoms with van der Waals surface area (Å²) in [5.41, 5.74) is 3.30. The first-order valence-electron chi connectivity index (χ1n) is 6.41. The van der Waals surface area contributed by atoms with Crippen molar-refractivity contribution in [2.45, 2.75) is 6.04 Å². The van der Waals surface area contributed by atoms with Gasteiger partial charge in [-0.1, -0.05) is 48.5 Å². The number of likely N-dealkylation sites (N-methyl/N-ethyl adjacent to an activating group) is 1. The van der Waals surface area contributed by atoms with E-state index in [2.05, 4.69) is 23.5 Å². The first kappa shape index (κ1) is 11.9. The van der Waals surface area contributed by atoms with E-state index in [1.807, 2.05) is 43.4 Å². The monoisotopic (exact) mass is 252 g/mol. The van der Waals surface area contributed by atoms with Crippen LogP contribution in [0.15, 0.2) is 54.6 Å². The minimum atomic E-state index is 0.0614. The Morgan fingerprint density at radius 3 is 2.53 bits per heavy atom. The van der Waals surface area contributed by atoms with Crippen molar-refractivity contribution in [2.75, 3.05) is 18.5 Å². The standard InChI is InChI=1S/C16H16N2O/c1-18-14-10-6-5-9-13(14)16(17-11-15(18)19)12-7-3-2-4-8-12/h2-10,16-17H,11H2,1H3/t16-/m0/s1. The van der Waals surface area contributed by atoms with Crippen LogP contribution in [0.3, 0.4) is 0 Å². The maximum atomic E-state index is 12.0. The smallest absolute Gasteiger partial charge is 0.240 e. The van der Waals surface area contributed by atoms with Crippen LogP contribution >= 0.6 is 0 Å². The van der Waals surface area contributed by atoms with Crippen LogP contribution in [-0.2, 0) is 4.79 Å². The van der Waals surface area contributed by atoms with Gasteiger partial charge >= 0.3 is 0 Å². The molecule has 0 unspecified atom stereocenters. The van der Waals surface area contributed by atoms with Gasteiger partial charge in [0.15, 0.2) is 0 Å². The van der Waals surface area contributed by atoms with Crippen molar-refractivity contribution in [3.8, 4) is 0 Å². The Morgan fingerprint density at radius 2 is 1.74 bits per heavy atom. The maximum absolute atomic E-state index is 12.0. The maximum Gasteiger partial charge on any atom is 0.240 e. The molecule has 3 heteroatoms. The van der Waals surface area contributed by atoms with Gasteiger partial charge in [-0.3, -0.25) is 10.1 Å². The van der Waals surface area contributed by atoms with Crippen molar-refractivity contribution in [1.82, 2.24) is 5.32 Å². The molecule has 2 aromatic carbocycles. The summed E-state index contributed by atoms with van der Waals surface area (Å²) < 4.78 is 0. The van der Waals surface area contributed by atoms with E-state index in [1.165, 1.54) is 5.56 Å². The highest BCUT2D eigenvalue weighted by Crippen LogP contribution is 2.31. The average molecular weight is 252 g/mol. The Labute approximate surface area is 112 Å². The Hall–Kier alpha value is -2.13. The van der Waals surface area contributed by atoms with Crippen molar-refractivity contribution in [3.63, 3.8) is 0 Å². The second kappa shape index (κ2) is 4.86. The molecule has 3 rings (SSSR count). The van der Waals surface area contributed by atoms with Crippen LogP contribution in [0.4, 0.5) is 5.69 Å². The van der Waals surface area contributed by atoms with Crippen LogP contribution < -0.4 is 10.2 Å². The number of anilines is 1. The number of nitrogens with zero attached hydrogens (tertiary/aromatic N) is 1. The third-order valence-electron chi connectivity index (χ3n) is 3.57. The molecule has 1 N–H and O–H groups in total. The number of hydrogen-bond acceptors (Lipinski definition) is 2. The average Bonchev–Trinajstić information content (AvgIpc) is 2.59. The minimum Gasteiger partial charge on any atom is -0.314 e. The summed E-state index contributed by atoms with van der Waals surface area (Å²) in [5.74, 6) is 0.0888. The van der Waals surface area contributed by atoms with Gasteiger partial charge in [0.2, 0.25) is 5.91 Å². The van der Waals surface area contributed by atoms with Crippen molar-refractivity contribution in [1.29, 1.82) is 0 Å². The van der Waals surface area contributed by atoms with E-state index >= 15 is 0 Å². The zero-order valence-electron chi connectivity index (χ0n) is 10.8. The topological polar surface area (TPSA) is 32.3 Å². The zero-order chi connectivity index (χ0) is 13.2. The molecule has 1 aliphatic rings. The number of carbonyl (C=O) groups excluding carboxylic acids is 1. The lowest BCUT2D eigenvalue weighted by Crippen LogP contribution is -2.33. The van der Waals surface area contributed by atoms with E-state index in [4.69, 9.17) is 0 Å². The fourth-order valence-corrected chi connectivity index (χ4v) is 2.53. The number of rotatable bonds is 1. The summed E-state index contributed by atoms with van der Waals surface area (Å²) in [6.07, 6.45) is 0. The number of fused-ring (bicyclic) bond motifs is 1. The SMILES string of the molecule is CN1C(=O)CN[C@@H](c2ccccc2)c2ccccc21. The molecule has 0 aromatic heterocycles. The first-order valence-corrected chi connectivity index (χ1v) is 6.41. The van der Waals surface area contributed by atoms with E-state index < -0.39 is 0 Å². The van der Waals surface area contributed by atoms with Crippen LogP contribution in [0, 0.1) is 0 Å². The van der Waals surface area contributed by atoms with E-state index in [9.17, 15) is 4.79 Å². The number of benzene rings is 2. The second-order valence-corrected chi connectivity index (χ2v) is 4.74. The Kier molecular flexibility index (Phi) is 3.05. The fourth-order valence-electron chi connectivity index (χ4n) is 2.53. The van der Waals surface area contributed by atoms with E-state index in [1.54, 1.807) is 4.90 Å². The van der Waals surface area contributed by atoms with E-state index in [0.717, 1.165) is 11.3 Å². The molecule has 0 radical (unpaired) electrons. The largest absolute Gasteiger partial charge is 0.314 e. The molecule has 0 fully saturated rings. The van der Waals surface area contributed by atoms with Gasteiger partial charge in [0.25, 0.3) is 0 Å². The predicted octanol–water partition coefficient (Wildman–Crippen LogP) is 2.34. The highest BCUT2D eigenvalue weighted by atomic mass is 16.2. The van der Waals surface area contributed by atoms with Crippen LogP contribution in [0.5, 0.6) is 0 Å². The molecule has 0 bridgehead atoms. The van der Waals surface area contributed by atoms with Crippen LogP contribution in [0.25, 0.3) is 0 Å². The van der Waals surface area contributed by atoms with Crippen molar-refractivity contribution >= 4 is 11.6 Å². The van der Waals surface area contributed by atoms with Crippen LogP contribution in [-0.4, -0.2) is 19.5 Å². The van der Waals surface area contributed by atoms with Gasteiger partial charge in [0, 0.05) is 12.7 Å². The number of amides is 1. The van der Waals surface area contributed by atoms with Gasteiger partial charge in [0.05, 0.1) is 12.6 Å². The highest BCUT2D eigenvalue weighted by Gasteiger charge is 2.25. The van der Waals surface area contributed by atoms with E-state index in [-0.39, 0.29) is 11.9 Å². The molecule has 3 nitrogen and oxygen atoms in total. The molecule has 1 amide bonds. The van der Waals surface area contributed by atoms with Gasteiger partial charge < -0.3 is 4.90 Å². The summed E-state index contributed by atoms with van der Waals surface area (Å²) in [5, 5.41) is 3.34. The lowest BCUT2D eigenvalue weighted by molar-refractivity contribution is -0.117. The first-order chi connectivity index (χ1) is 9.27. The molecule has 0 spiro atoms. The van der Waals surface area contributed by atoms with E-state index in [0.29, 0.717) is 6.54 Å². The molecule has 2 aromatic rings. The summed E-state index contributed by atoms with van der Waals surface area (Å²) in [7, 11) is 1.83. The van der Waals surface area contributed by atoms with Gasteiger partial charge in [-0.25, -0.2) is 0 Å². The minimum absolute atomic E-state index is 0.0614. The summed E-state index contributed by atoms with van der Waals surface area (Å²) in [4.78, 5) is 13.7. The molecule has 0 aliphatic carbocycles. The molecule has 96 valence electrons. The number of para-hydroxylation sites is 1. The number of nitrogens with one attached hydrogen (secondary N) is 1. The Balaban J connectivity index is 2.12. The van der Waals surface area contributed by atoms with Gasteiger partial charge in [-0.15, -0.1) is 0 Å². The summed E-state index contributed by atoms with van der Waals surface area (Å²) >= 11 is 0. The molecule has 1 heterocycles. The molecule has 1 aliphatic heterocycles. The van der Waals surface area contributed by atoms with Crippen molar-refractivity contribution in [2.24, 2.45) is 0 Å². The van der Waals surface area contributed by atoms with Gasteiger partial charge in [0.1, 0.15) is 0 Å². The Morgan fingerprint density at radius 1 is 1.05 bits per heavy atom. The molecule has 0 saturated carbocycles. The van der Waals surface area contributed by atoms with Gasteiger partial charge in [-0.05, 0) is 17.2 Å². The van der Waals surface area contributed by atoms with Gasteiger partial charge in [-0.2, -0.15) is 0 Å². The molecule has 0 saturated heterocycles. The molecular weight excluding hydrogens is 236 g/mol. The predicted molar refractivity (Wildman–Crippen MR) is 76.1 cm³/mol. The summed E-state index contributed by atoms with van der Waals surface area (Å²) in [6, 6.07) is 18.3. The summed E-state index contributed by atoms with van der Waals surface area (Å²) in [6.45, 7) is 0.352. The molecule has 19 heavy (non-hydrogen) atoms.